The van der Waals surface area contributed by atoms with Crippen molar-refractivity contribution in [2.75, 3.05) is 9.80 Å². The minimum Gasteiger partial charge on any atom is -0.310 e. The normalized spacial score (nSPS) is 13.1. The fourth-order valence-electron chi connectivity index (χ4n) is 11.9. The maximum atomic E-state index is 14.2. The summed E-state index contributed by atoms with van der Waals surface area (Å²) >= 11 is 3.65. The molecule has 1 heterocycles. The van der Waals surface area contributed by atoms with E-state index in [1.54, 1.807) is 30.3 Å². The molecule has 1 aliphatic heterocycles. The summed E-state index contributed by atoms with van der Waals surface area (Å²) in [4.78, 5) is 44.1. The molecule has 15 rings (SSSR count). The standard InChI is InChI=1S/C36H23NO.C18H14BrN.C18H10O2/c38-35-27-16-6-7-17-28(27)36(31-23-22-24-12-4-5-15-26(24)34(31)35)29-18-8-10-20-32(29)37(25-13-2-1-3-14-25)33-21-11-9-19-30(33)36;19-17-13-7-8-14-18(17)20(15-9-3-1-4-10-15)16-11-5-2-6-12-16;19-17-13-7-3-4-8-14(13)18(20)16-12-6-2-1-5-11(12)9-10-15(16)17/h1-23H;1-14H;1-10H. The Hall–Kier alpha value is -9.75. The van der Waals surface area contributed by atoms with Crippen molar-refractivity contribution >= 4 is 88.9 Å². The summed E-state index contributed by atoms with van der Waals surface area (Å²) in [5.41, 5.74) is 14.2. The highest BCUT2D eigenvalue weighted by Crippen LogP contribution is 2.60. The Bertz CT molecular complexity index is 4220. The van der Waals surface area contributed by atoms with Gasteiger partial charge in [-0.3, -0.25) is 14.4 Å². The second-order valence-corrected chi connectivity index (χ2v) is 20.3. The van der Waals surface area contributed by atoms with Crippen LogP contribution in [-0.2, 0) is 5.41 Å². The number of halogens is 1. The molecule has 78 heavy (non-hydrogen) atoms. The summed E-state index contributed by atoms with van der Waals surface area (Å²) < 4.78 is 1.08. The number of hydrogen-bond acceptors (Lipinski definition) is 5. The third-order valence-corrected chi connectivity index (χ3v) is 15.9. The summed E-state index contributed by atoms with van der Waals surface area (Å²) in [5, 5.41) is 3.91. The fourth-order valence-corrected chi connectivity index (χ4v) is 12.3. The molecule has 0 saturated carbocycles. The van der Waals surface area contributed by atoms with Crippen molar-refractivity contribution in [3.63, 3.8) is 0 Å². The molecule has 5 nitrogen and oxygen atoms in total. The van der Waals surface area contributed by atoms with Gasteiger partial charge < -0.3 is 9.80 Å². The first-order chi connectivity index (χ1) is 38.4. The van der Waals surface area contributed by atoms with E-state index in [0.29, 0.717) is 22.3 Å². The zero-order valence-corrected chi connectivity index (χ0v) is 43.7. The van der Waals surface area contributed by atoms with Gasteiger partial charge in [-0.1, -0.05) is 218 Å². The van der Waals surface area contributed by atoms with Gasteiger partial charge >= 0.3 is 0 Å². The van der Waals surface area contributed by atoms with E-state index in [-0.39, 0.29) is 17.3 Å². The summed E-state index contributed by atoms with van der Waals surface area (Å²) in [6.45, 7) is 0. The first-order valence-electron chi connectivity index (χ1n) is 26.0. The molecular weight excluding hydrogens is 1020 g/mol. The average Bonchev–Trinajstić information content (AvgIpc) is 3.69. The van der Waals surface area contributed by atoms with Crippen LogP contribution in [0.3, 0.4) is 0 Å². The van der Waals surface area contributed by atoms with Gasteiger partial charge in [0.25, 0.3) is 0 Å². The van der Waals surface area contributed by atoms with Crippen LogP contribution < -0.4 is 9.80 Å². The number of hydrogen-bond donors (Lipinski definition) is 0. The number of nitrogens with zero attached hydrogens (tertiary/aromatic N) is 2. The van der Waals surface area contributed by atoms with Gasteiger partial charge in [0.2, 0.25) is 0 Å². The lowest BCUT2D eigenvalue weighted by molar-refractivity contribution is 0.0980. The molecule has 0 N–H and O–H groups in total. The van der Waals surface area contributed by atoms with E-state index in [9.17, 15) is 14.4 Å². The van der Waals surface area contributed by atoms with Crippen LogP contribution in [0, 0.1) is 0 Å². The molecule has 0 aromatic heterocycles. The molecule has 0 amide bonds. The van der Waals surface area contributed by atoms with E-state index in [1.807, 2.05) is 72.8 Å². The van der Waals surface area contributed by atoms with Gasteiger partial charge in [0.1, 0.15) is 0 Å². The van der Waals surface area contributed by atoms with Crippen LogP contribution in [-0.4, -0.2) is 17.3 Å². The van der Waals surface area contributed by atoms with Gasteiger partial charge in [-0.05, 0) is 126 Å². The highest BCUT2D eigenvalue weighted by atomic mass is 79.9. The molecule has 0 saturated heterocycles. The molecule has 2 aliphatic carbocycles. The minimum absolute atomic E-state index is 0.0630. The van der Waals surface area contributed by atoms with E-state index in [1.165, 1.54) is 11.1 Å². The van der Waals surface area contributed by atoms with Crippen LogP contribution in [0.15, 0.2) is 290 Å². The molecule has 12 aromatic rings. The van der Waals surface area contributed by atoms with Crippen LogP contribution in [0.2, 0.25) is 0 Å². The van der Waals surface area contributed by atoms with Gasteiger partial charge in [0.15, 0.2) is 17.3 Å². The molecular formula is C72H47BrN2O3. The molecule has 12 aromatic carbocycles. The Kier molecular flexibility index (Phi) is 12.3. The Morgan fingerprint density at radius 3 is 1.36 bits per heavy atom. The van der Waals surface area contributed by atoms with E-state index in [4.69, 9.17) is 0 Å². The number of rotatable bonds is 4. The summed E-state index contributed by atoms with van der Waals surface area (Å²) in [6.07, 6.45) is 0. The van der Waals surface area contributed by atoms with Crippen LogP contribution in [0.5, 0.6) is 0 Å². The lowest BCUT2D eigenvalue weighted by atomic mass is 9.57. The zero-order chi connectivity index (χ0) is 52.7. The number of ketones is 3. The number of carbonyl (C=O) groups excluding carboxylic acids is 3. The van der Waals surface area contributed by atoms with Crippen molar-refractivity contribution in [2.24, 2.45) is 0 Å². The topological polar surface area (TPSA) is 57.7 Å². The van der Waals surface area contributed by atoms with Gasteiger partial charge in [0.05, 0.1) is 22.5 Å². The molecule has 0 fully saturated rings. The van der Waals surface area contributed by atoms with E-state index in [2.05, 4.69) is 208 Å². The number of fused-ring (bicyclic) bond motifs is 14. The van der Waals surface area contributed by atoms with Gasteiger partial charge in [-0.25, -0.2) is 0 Å². The minimum atomic E-state index is -0.637. The van der Waals surface area contributed by atoms with Gasteiger partial charge in [-0.15, -0.1) is 0 Å². The molecule has 0 bridgehead atoms. The first-order valence-corrected chi connectivity index (χ1v) is 26.8. The van der Waals surface area contributed by atoms with Crippen molar-refractivity contribution in [1.82, 2.24) is 0 Å². The predicted octanol–water partition coefficient (Wildman–Crippen LogP) is 18.1. The third-order valence-electron chi connectivity index (χ3n) is 15.2. The Morgan fingerprint density at radius 1 is 0.321 bits per heavy atom. The molecule has 0 unspecified atom stereocenters. The SMILES string of the molecule is Brc1ccccc1N(c1ccccc1)c1ccccc1.O=C1c2ccccc2C(=O)c2c1ccc1ccccc21.O=C1c2ccccc2C2(c3ccccc3N(c3ccccc3)c3ccccc32)c2ccc3ccccc3c21. The van der Waals surface area contributed by atoms with E-state index < -0.39 is 5.41 Å². The van der Waals surface area contributed by atoms with Crippen LogP contribution in [0.1, 0.15) is 70.0 Å². The highest BCUT2D eigenvalue weighted by Gasteiger charge is 2.52. The lowest BCUT2D eigenvalue weighted by Crippen LogP contribution is -2.42. The maximum absolute atomic E-state index is 14.2. The molecule has 370 valence electrons. The van der Waals surface area contributed by atoms with Crippen molar-refractivity contribution in [3.05, 3.63) is 345 Å². The summed E-state index contributed by atoms with van der Waals surface area (Å²) in [7, 11) is 0. The summed E-state index contributed by atoms with van der Waals surface area (Å²) in [6, 6.07) is 96.1. The zero-order valence-electron chi connectivity index (χ0n) is 42.1. The van der Waals surface area contributed by atoms with Crippen molar-refractivity contribution in [1.29, 1.82) is 0 Å². The van der Waals surface area contributed by atoms with Crippen LogP contribution >= 0.6 is 15.9 Å². The van der Waals surface area contributed by atoms with E-state index in [0.717, 1.165) is 82.4 Å². The van der Waals surface area contributed by atoms with Crippen LogP contribution in [0.4, 0.5) is 34.1 Å². The quantitative estimate of drug-likeness (QED) is 0.176. The lowest BCUT2D eigenvalue weighted by Gasteiger charge is -2.49. The first kappa shape index (κ1) is 47.9. The number of benzene rings is 12. The van der Waals surface area contributed by atoms with Crippen LogP contribution in [0.25, 0.3) is 21.5 Å². The highest BCUT2D eigenvalue weighted by molar-refractivity contribution is 9.10. The third kappa shape index (κ3) is 7.88. The largest absolute Gasteiger partial charge is 0.310 e. The predicted molar refractivity (Wildman–Crippen MR) is 320 cm³/mol. The second kappa shape index (κ2) is 20.1. The van der Waals surface area contributed by atoms with Gasteiger partial charge in [-0.2, -0.15) is 0 Å². The monoisotopic (exact) mass is 1070 g/mol. The molecule has 0 atom stereocenters. The number of anilines is 6. The fraction of sp³-hybridized carbons (Fsp3) is 0.0139. The average molecular weight is 1070 g/mol. The van der Waals surface area contributed by atoms with Crippen molar-refractivity contribution in [2.45, 2.75) is 5.41 Å². The smallest absolute Gasteiger partial charge is 0.195 e. The summed E-state index contributed by atoms with van der Waals surface area (Å²) in [5.74, 6) is -0.0357. The van der Waals surface area contributed by atoms with E-state index >= 15 is 0 Å². The molecule has 6 heteroatoms. The molecule has 3 aliphatic rings. The Morgan fingerprint density at radius 2 is 0.756 bits per heavy atom. The Balaban J connectivity index is 0.000000122. The molecule has 1 spiro atoms. The van der Waals surface area contributed by atoms with Gasteiger partial charge in [0, 0.05) is 54.9 Å². The Labute approximate surface area is 461 Å². The molecule has 0 radical (unpaired) electrons. The number of carbonyl (C=O) groups is 3. The van der Waals surface area contributed by atoms with Crippen molar-refractivity contribution < 1.29 is 14.4 Å². The van der Waals surface area contributed by atoms with Crippen molar-refractivity contribution in [3.8, 4) is 0 Å². The maximum Gasteiger partial charge on any atom is 0.195 e. The second-order valence-electron chi connectivity index (χ2n) is 19.4. The number of para-hydroxylation sites is 6.